The molecule has 0 bridgehead atoms. The molecule has 29 heavy (non-hydrogen) atoms. The minimum absolute atomic E-state index is 0.131. The van der Waals surface area contributed by atoms with Gasteiger partial charge in [0, 0.05) is 25.0 Å². The number of rotatable bonds is 3. The maximum atomic E-state index is 13.1. The zero-order valence-electron chi connectivity index (χ0n) is 16.6. The molecular formula is C23H25N3O3. The largest absolute Gasteiger partial charge is 0.450 e. The van der Waals surface area contributed by atoms with E-state index in [0.717, 1.165) is 17.7 Å². The van der Waals surface area contributed by atoms with Crippen LogP contribution in [-0.2, 0) is 16.1 Å². The quantitative estimate of drug-likeness (QED) is 0.805. The van der Waals surface area contributed by atoms with Gasteiger partial charge in [0.15, 0.2) is 0 Å². The van der Waals surface area contributed by atoms with Gasteiger partial charge in [-0.2, -0.15) is 0 Å². The summed E-state index contributed by atoms with van der Waals surface area (Å²) >= 11 is 0. The van der Waals surface area contributed by atoms with Crippen LogP contribution in [0.2, 0.25) is 0 Å². The van der Waals surface area contributed by atoms with Gasteiger partial charge in [-0.05, 0) is 30.5 Å². The minimum Gasteiger partial charge on any atom is -0.450 e. The van der Waals surface area contributed by atoms with Crippen LogP contribution in [0.1, 0.15) is 30.4 Å². The number of hydrogen-bond donors (Lipinski definition) is 0. The third-order valence-electron chi connectivity index (χ3n) is 6.32. The van der Waals surface area contributed by atoms with Crippen LogP contribution in [0.25, 0.3) is 0 Å². The van der Waals surface area contributed by atoms with Gasteiger partial charge in [-0.25, -0.2) is 4.79 Å². The molecule has 0 N–H and O–H groups in total. The molecule has 150 valence electrons. The Morgan fingerprint density at radius 2 is 1.97 bits per heavy atom. The second-order valence-corrected chi connectivity index (χ2v) is 7.92. The Morgan fingerprint density at radius 1 is 1.14 bits per heavy atom. The molecule has 0 aromatic heterocycles. The van der Waals surface area contributed by atoms with Gasteiger partial charge in [0.1, 0.15) is 0 Å². The number of amides is 2. The van der Waals surface area contributed by atoms with Gasteiger partial charge in [-0.1, -0.05) is 42.5 Å². The number of carbonyl (C=O) groups excluding carboxylic acids is 2. The maximum absolute atomic E-state index is 13.1. The van der Waals surface area contributed by atoms with Crippen molar-refractivity contribution in [2.75, 3.05) is 36.0 Å². The molecule has 3 aliphatic rings. The molecule has 6 nitrogen and oxygen atoms in total. The molecule has 2 aromatic carbocycles. The summed E-state index contributed by atoms with van der Waals surface area (Å²) in [6.45, 7) is 4.51. The smallest absolute Gasteiger partial charge is 0.409 e. The highest BCUT2D eigenvalue weighted by Gasteiger charge is 2.47. The molecule has 6 heteroatoms. The van der Waals surface area contributed by atoms with Crippen molar-refractivity contribution in [3.63, 3.8) is 0 Å². The van der Waals surface area contributed by atoms with E-state index in [0.29, 0.717) is 32.8 Å². The van der Waals surface area contributed by atoms with Crippen LogP contribution < -0.4 is 9.80 Å². The van der Waals surface area contributed by atoms with Crippen molar-refractivity contribution in [1.29, 1.82) is 0 Å². The molecule has 1 saturated heterocycles. The van der Waals surface area contributed by atoms with E-state index in [1.165, 1.54) is 11.3 Å². The maximum Gasteiger partial charge on any atom is 0.409 e. The van der Waals surface area contributed by atoms with E-state index in [1.807, 2.05) is 47.1 Å². The lowest BCUT2D eigenvalue weighted by molar-refractivity contribution is -0.117. The Hall–Kier alpha value is -3.02. The van der Waals surface area contributed by atoms with E-state index in [9.17, 15) is 9.59 Å². The third-order valence-corrected chi connectivity index (χ3v) is 6.32. The highest BCUT2D eigenvalue weighted by Crippen LogP contribution is 2.51. The average Bonchev–Trinajstić information content (AvgIpc) is 3.06. The van der Waals surface area contributed by atoms with Gasteiger partial charge in [0.25, 0.3) is 0 Å². The molecule has 3 heterocycles. The van der Waals surface area contributed by atoms with Crippen LogP contribution in [0.3, 0.4) is 0 Å². The second-order valence-electron chi connectivity index (χ2n) is 7.92. The summed E-state index contributed by atoms with van der Waals surface area (Å²) in [5, 5.41) is 0. The normalized spacial score (nSPS) is 22.4. The fraction of sp³-hybridized carbons (Fsp3) is 0.391. The first-order valence-corrected chi connectivity index (χ1v) is 10.3. The van der Waals surface area contributed by atoms with Crippen LogP contribution in [0, 0.1) is 0 Å². The fourth-order valence-electron chi connectivity index (χ4n) is 5.04. The fourth-order valence-corrected chi connectivity index (χ4v) is 5.04. The highest BCUT2D eigenvalue weighted by molar-refractivity contribution is 6.05. The van der Waals surface area contributed by atoms with Crippen LogP contribution >= 0.6 is 0 Å². The van der Waals surface area contributed by atoms with Crippen LogP contribution in [0.15, 0.2) is 48.5 Å². The van der Waals surface area contributed by atoms with Crippen molar-refractivity contribution in [2.24, 2.45) is 0 Å². The first-order valence-electron chi connectivity index (χ1n) is 10.3. The number of ether oxygens (including phenoxy) is 1. The van der Waals surface area contributed by atoms with Gasteiger partial charge in [0.2, 0.25) is 5.91 Å². The minimum atomic E-state index is -0.237. The van der Waals surface area contributed by atoms with Crippen molar-refractivity contribution >= 4 is 23.4 Å². The molecule has 0 spiro atoms. The van der Waals surface area contributed by atoms with Gasteiger partial charge < -0.3 is 19.4 Å². The number of likely N-dealkylation sites (tertiary alicyclic amines) is 1. The summed E-state index contributed by atoms with van der Waals surface area (Å²) in [4.78, 5) is 31.3. The first-order chi connectivity index (χ1) is 14.2. The number of para-hydroxylation sites is 1. The van der Waals surface area contributed by atoms with Crippen molar-refractivity contribution in [3.8, 4) is 0 Å². The number of piperidine rings is 1. The van der Waals surface area contributed by atoms with Gasteiger partial charge in [-0.3, -0.25) is 4.79 Å². The Kier molecular flexibility index (Phi) is 4.42. The molecule has 2 atom stereocenters. The predicted octanol–water partition coefficient (Wildman–Crippen LogP) is 3.37. The van der Waals surface area contributed by atoms with E-state index in [2.05, 4.69) is 23.1 Å². The van der Waals surface area contributed by atoms with Gasteiger partial charge in [-0.15, -0.1) is 0 Å². The van der Waals surface area contributed by atoms with E-state index < -0.39 is 0 Å². The lowest BCUT2D eigenvalue weighted by Gasteiger charge is -2.41. The summed E-state index contributed by atoms with van der Waals surface area (Å²) < 4.78 is 5.22. The standard InChI is InChI=1S/C23H25N3O3/c1-2-29-23(28)24-12-11-19-18(14-24)17-9-6-10-20-22(17)26(19)15-21(27)25(20)13-16-7-4-3-5-8-16/h3-10,18-19H,2,11-15H2,1H3/t18-,19-/m0/s1. The topological polar surface area (TPSA) is 53.1 Å². The molecule has 0 aliphatic carbocycles. The summed E-state index contributed by atoms with van der Waals surface area (Å²) in [6.07, 6.45) is 0.613. The average molecular weight is 391 g/mol. The third kappa shape index (κ3) is 2.94. The van der Waals surface area contributed by atoms with E-state index in [-0.39, 0.29) is 24.0 Å². The molecule has 0 radical (unpaired) electrons. The monoisotopic (exact) mass is 391 g/mol. The summed E-state index contributed by atoms with van der Waals surface area (Å²) in [6, 6.07) is 16.6. The summed E-state index contributed by atoms with van der Waals surface area (Å²) in [5.74, 6) is 0.347. The van der Waals surface area contributed by atoms with Crippen molar-refractivity contribution in [1.82, 2.24) is 4.90 Å². The first kappa shape index (κ1) is 18.0. The Bertz CT molecular complexity index is 946. The Morgan fingerprint density at radius 3 is 2.76 bits per heavy atom. The number of hydrogen-bond acceptors (Lipinski definition) is 4. The lowest BCUT2D eigenvalue weighted by atomic mass is 9.89. The number of fused-ring (bicyclic) bond motifs is 3. The van der Waals surface area contributed by atoms with Gasteiger partial charge >= 0.3 is 6.09 Å². The van der Waals surface area contributed by atoms with Crippen molar-refractivity contribution < 1.29 is 14.3 Å². The number of nitrogens with zero attached hydrogens (tertiary/aromatic N) is 3. The molecule has 0 unspecified atom stereocenters. The summed E-state index contributed by atoms with van der Waals surface area (Å²) in [7, 11) is 0. The van der Waals surface area contributed by atoms with Crippen LogP contribution in [-0.4, -0.2) is 49.2 Å². The SMILES string of the molecule is CCOC(=O)N1CC[C@H]2[C@@H](C1)c1cccc3c1N2CC(=O)N3Cc1ccccc1. The molecule has 5 rings (SSSR count). The van der Waals surface area contributed by atoms with E-state index in [1.54, 1.807) is 0 Å². The zero-order chi connectivity index (χ0) is 20.0. The Balaban J connectivity index is 1.48. The van der Waals surface area contributed by atoms with Crippen LogP contribution in [0.5, 0.6) is 0 Å². The molecule has 1 fully saturated rings. The lowest BCUT2D eigenvalue weighted by Crippen LogP contribution is -2.52. The molecule has 3 aliphatic heterocycles. The van der Waals surface area contributed by atoms with Gasteiger partial charge in [0.05, 0.1) is 31.1 Å². The molecule has 2 amide bonds. The number of benzene rings is 2. The van der Waals surface area contributed by atoms with Crippen LogP contribution in [0.4, 0.5) is 16.2 Å². The molecule has 2 aromatic rings. The Labute approximate surface area is 170 Å². The van der Waals surface area contributed by atoms with E-state index >= 15 is 0 Å². The molecule has 0 saturated carbocycles. The second kappa shape index (κ2) is 7.10. The van der Waals surface area contributed by atoms with Crippen molar-refractivity contribution in [2.45, 2.75) is 31.8 Å². The van der Waals surface area contributed by atoms with E-state index in [4.69, 9.17) is 4.74 Å². The predicted molar refractivity (Wildman–Crippen MR) is 111 cm³/mol. The number of anilines is 2. The van der Waals surface area contributed by atoms with Crippen molar-refractivity contribution in [3.05, 3.63) is 59.7 Å². The number of carbonyl (C=O) groups is 2. The zero-order valence-corrected chi connectivity index (χ0v) is 16.6. The molecular weight excluding hydrogens is 366 g/mol. The summed E-state index contributed by atoms with van der Waals surface area (Å²) in [5.41, 5.74) is 4.52. The highest BCUT2D eigenvalue weighted by atomic mass is 16.6.